The first-order valence-electron chi connectivity index (χ1n) is 7.24. The molecule has 2 rings (SSSR count). The Balaban J connectivity index is 1.94. The molecular weight excluding hydrogens is 385 g/mol. The molecule has 1 atom stereocenters. The molecule has 0 radical (unpaired) electrons. The number of halogens is 2. The van der Waals surface area contributed by atoms with Crippen LogP contribution < -0.4 is 15.6 Å². The smallest absolute Gasteiger partial charge is 0.279 e. The quantitative estimate of drug-likeness (QED) is 0.594. The van der Waals surface area contributed by atoms with E-state index >= 15 is 0 Å². The van der Waals surface area contributed by atoms with Crippen molar-refractivity contribution in [1.82, 2.24) is 10.9 Å². The van der Waals surface area contributed by atoms with Crippen LogP contribution in [-0.4, -0.2) is 22.8 Å². The summed E-state index contributed by atoms with van der Waals surface area (Å²) in [7, 11) is 0. The predicted molar refractivity (Wildman–Crippen MR) is 95.3 cm³/mol. The fraction of sp³-hybridized carbons (Fsp3) is 0.125. The average molecular weight is 398 g/mol. The first-order valence-corrected chi connectivity index (χ1v) is 8.00. The van der Waals surface area contributed by atoms with Gasteiger partial charge in [-0.3, -0.25) is 30.6 Å². The van der Waals surface area contributed by atoms with Crippen LogP contribution in [0.4, 0.5) is 5.69 Å². The molecule has 2 N–H and O–H groups in total. The molecule has 0 bridgehead atoms. The molecule has 0 saturated heterocycles. The topological polar surface area (TPSA) is 111 Å². The van der Waals surface area contributed by atoms with Crippen molar-refractivity contribution in [3.8, 4) is 5.75 Å². The van der Waals surface area contributed by atoms with Crippen molar-refractivity contribution in [2.45, 2.75) is 13.0 Å². The number of ether oxygens (including phenoxy) is 1. The Morgan fingerprint density at radius 2 is 1.88 bits per heavy atom. The van der Waals surface area contributed by atoms with Crippen molar-refractivity contribution in [2.75, 3.05) is 0 Å². The van der Waals surface area contributed by atoms with E-state index in [4.69, 9.17) is 27.9 Å². The molecule has 10 heteroatoms. The van der Waals surface area contributed by atoms with E-state index in [-0.39, 0.29) is 22.0 Å². The Morgan fingerprint density at radius 3 is 2.54 bits per heavy atom. The normalized spacial score (nSPS) is 11.3. The molecule has 0 spiro atoms. The molecule has 2 amide bonds. The second-order valence-electron chi connectivity index (χ2n) is 5.09. The van der Waals surface area contributed by atoms with E-state index in [1.807, 2.05) is 0 Å². The molecule has 0 aliphatic heterocycles. The highest BCUT2D eigenvalue weighted by atomic mass is 35.5. The molecular formula is C16H13Cl2N3O5. The number of hydrogen-bond acceptors (Lipinski definition) is 5. The van der Waals surface area contributed by atoms with Crippen LogP contribution in [0.2, 0.25) is 10.0 Å². The number of benzene rings is 2. The van der Waals surface area contributed by atoms with Crippen LogP contribution in [0.25, 0.3) is 0 Å². The van der Waals surface area contributed by atoms with Crippen LogP contribution in [-0.2, 0) is 4.79 Å². The number of rotatable bonds is 5. The van der Waals surface area contributed by atoms with Gasteiger partial charge in [0.2, 0.25) is 0 Å². The number of amides is 2. The Morgan fingerprint density at radius 1 is 1.15 bits per heavy atom. The zero-order valence-electron chi connectivity index (χ0n) is 13.4. The molecule has 0 aliphatic carbocycles. The minimum absolute atomic E-state index is 0.0221. The van der Waals surface area contributed by atoms with Crippen LogP contribution in [0.1, 0.15) is 17.3 Å². The highest BCUT2D eigenvalue weighted by Gasteiger charge is 2.18. The maximum absolute atomic E-state index is 12.0. The number of nitrogens with zero attached hydrogens (tertiary/aromatic N) is 1. The van der Waals surface area contributed by atoms with E-state index in [1.165, 1.54) is 37.3 Å². The number of nitro groups is 1. The summed E-state index contributed by atoms with van der Waals surface area (Å²) in [6, 6.07) is 9.61. The molecule has 1 unspecified atom stereocenters. The first-order chi connectivity index (χ1) is 12.3. The van der Waals surface area contributed by atoms with Crippen molar-refractivity contribution in [3.63, 3.8) is 0 Å². The zero-order valence-corrected chi connectivity index (χ0v) is 14.9. The van der Waals surface area contributed by atoms with E-state index in [0.717, 1.165) is 6.07 Å². The lowest BCUT2D eigenvalue weighted by Crippen LogP contribution is -2.47. The van der Waals surface area contributed by atoms with Crippen LogP contribution in [0.5, 0.6) is 5.75 Å². The van der Waals surface area contributed by atoms with Gasteiger partial charge in [0, 0.05) is 22.7 Å². The molecule has 0 saturated carbocycles. The molecule has 2 aromatic carbocycles. The number of carbonyl (C=O) groups is 2. The second kappa shape index (κ2) is 8.50. The third-order valence-corrected chi connectivity index (χ3v) is 3.72. The highest BCUT2D eigenvalue weighted by molar-refractivity contribution is 6.35. The van der Waals surface area contributed by atoms with Crippen LogP contribution in [0, 0.1) is 10.1 Å². The largest absolute Gasteiger partial charge is 0.479 e. The summed E-state index contributed by atoms with van der Waals surface area (Å²) >= 11 is 11.7. The van der Waals surface area contributed by atoms with Gasteiger partial charge in [0.1, 0.15) is 5.75 Å². The van der Waals surface area contributed by atoms with Gasteiger partial charge in [0.15, 0.2) is 6.10 Å². The zero-order chi connectivity index (χ0) is 19.3. The Kier molecular flexibility index (Phi) is 6.37. The molecule has 0 heterocycles. The van der Waals surface area contributed by atoms with Gasteiger partial charge in [0.25, 0.3) is 17.5 Å². The van der Waals surface area contributed by atoms with Gasteiger partial charge in [0.05, 0.1) is 9.95 Å². The number of nitro benzene ring substituents is 1. The maximum Gasteiger partial charge on any atom is 0.279 e. The van der Waals surface area contributed by atoms with E-state index < -0.39 is 22.8 Å². The van der Waals surface area contributed by atoms with Gasteiger partial charge in [-0.2, -0.15) is 0 Å². The van der Waals surface area contributed by atoms with Crippen LogP contribution >= 0.6 is 23.2 Å². The molecule has 26 heavy (non-hydrogen) atoms. The predicted octanol–water partition coefficient (Wildman–Crippen LogP) is 3.13. The van der Waals surface area contributed by atoms with Gasteiger partial charge in [-0.15, -0.1) is 0 Å². The van der Waals surface area contributed by atoms with E-state index in [9.17, 15) is 19.7 Å². The monoisotopic (exact) mass is 397 g/mol. The fourth-order valence-electron chi connectivity index (χ4n) is 1.87. The third-order valence-electron chi connectivity index (χ3n) is 3.19. The SMILES string of the molecule is CC(Oc1ccc(Cl)cc1Cl)C(=O)NNC(=O)c1cccc([N+](=O)[O-])c1. The Labute approximate surface area is 158 Å². The lowest BCUT2D eigenvalue weighted by Gasteiger charge is -2.16. The van der Waals surface area contributed by atoms with Crippen LogP contribution in [0.15, 0.2) is 42.5 Å². The fourth-order valence-corrected chi connectivity index (χ4v) is 2.32. The minimum Gasteiger partial charge on any atom is -0.479 e. The molecule has 0 fully saturated rings. The van der Waals surface area contributed by atoms with Gasteiger partial charge in [-0.1, -0.05) is 29.3 Å². The average Bonchev–Trinajstić information content (AvgIpc) is 2.61. The van der Waals surface area contributed by atoms with E-state index in [0.29, 0.717) is 5.02 Å². The molecule has 8 nitrogen and oxygen atoms in total. The lowest BCUT2D eigenvalue weighted by atomic mass is 10.2. The van der Waals surface area contributed by atoms with Gasteiger partial charge in [-0.05, 0) is 31.2 Å². The van der Waals surface area contributed by atoms with Gasteiger partial charge >= 0.3 is 0 Å². The standard InChI is InChI=1S/C16H13Cl2N3O5/c1-9(26-14-6-5-11(17)8-13(14)18)15(22)19-20-16(23)10-3-2-4-12(7-10)21(24)25/h2-9H,1H3,(H,19,22)(H,20,23). The summed E-state index contributed by atoms with van der Waals surface area (Å²) in [5, 5.41) is 11.4. The third kappa shape index (κ3) is 5.08. The minimum atomic E-state index is -0.973. The van der Waals surface area contributed by atoms with Crippen molar-refractivity contribution >= 4 is 40.7 Å². The molecule has 136 valence electrons. The van der Waals surface area contributed by atoms with Gasteiger partial charge < -0.3 is 4.74 Å². The Bertz CT molecular complexity index is 860. The summed E-state index contributed by atoms with van der Waals surface area (Å²) < 4.78 is 5.41. The first kappa shape index (κ1) is 19.5. The van der Waals surface area contributed by atoms with Crippen molar-refractivity contribution in [3.05, 3.63) is 68.2 Å². The van der Waals surface area contributed by atoms with Crippen molar-refractivity contribution in [1.29, 1.82) is 0 Å². The van der Waals surface area contributed by atoms with Gasteiger partial charge in [-0.25, -0.2) is 0 Å². The number of carbonyl (C=O) groups excluding carboxylic acids is 2. The van der Waals surface area contributed by atoms with Crippen molar-refractivity contribution < 1.29 is 19.2 Å². The lowest BCUT2D eigenvalue weighted by molar-refractivity contribution is -0.384. The number of nitrogens with one attached hydrogen (secondary N) is 2. The van der Waals surface area contributed by atoms with E-state index in [1.54, 1.807) is 6.07 Å². The number of hydrogen-bond donors (Lipinski definition) is 2. The maximum atomic E-state index is 12.0. The summed E-state index contributed by atoms with van der Waals surface area (Å²) in [6.45, 7) is 1.46. The van der Waals surface area contributed by atoms with E-state index in [2.05, 4.69) is 10.9 Å². The Hall–Kier alpha value is -2.84. The summed E-state index contributed by atoms with van der Waals surface area (Å²) in [5.41, 5.74) is 4.12. The summed E-state index contributed by atoms with van der Waals surface area (Å²) in [5.74, 6) is -1.10. The second-order valence-corrected chi connectivity index (χ2v) is 5.93. The number of hydrazine groups is 1. The van der Waals surface area contributed by atoms with Crippen molar-refractivity contribution in [2.24, 2.45) is 0 Å². The highest BCUT2D eigenvalue weighted by Crippen LogP contribution is 2.28. The number of non-ortho nitro benzene ring substituents is 1. The molecule has 0 aliphatic rings. The van der Waals surface area contributed by atoms with Crippen LogP contribution in [0.3, 0.4) is 0 Å². The summed E-state index contributed by atoms with van der Waals surface area (Å²) in [6.07, 6.45) is -0.973. The molecule has 2 aromatic rings. The summed E-state index contributed by atoms with van der Waals surface area (Å²) in [4.78, 5) is 34.1. The molecule has 0 aromatic heterocycles.